The number of nitrogens with one attached hydrogen (secondary N) is 1. The molecule has 2 fully saturated rings. The third kappa shape index (κ3) is 4.55. The molecule has 2 aliphatic rings. The first-order valence-electron chi connectivity index (χ1n) is 9.88. The Morgan fingerprint density at radius 1 is 1.23 bits per heavy atom. The first kappa shape index (κ1) is 20.7. The Morgan fingerprint density at radius 3 is 2.54 bits per heavy atom. The molecule has 3 unspecified atom stereocenters. The molecule has 2 N–H and O–H groups in total. The molecular formula is C19H32N2O5. The van der Waals surface area contributed by atoms with Crippen LogP contribution in [0.15, 0.2) is 0 Å². The molecule has 7 heteroatoms. The first-order valence-corrected chi connectivity index (χ1v) is 9.88. The summed E-state index contributed by atoms with van der Waals surface area (Å²) in [5.74, 6) is -1.24. The normalized spacial score (nSPS) is 27.5. The molecule has 1 saturated carbocycles. The standard InChI is InChI=1S/C19H32N2O5/c1-4-8-14(19(25)26-5-2)20-12(3)17(22)21-15-10-7-6-9-13(15)11-16(21)18(23)24/h12-16,20H,4-11H2,1-3H3,(H,23,24)/t12?,13?,14-,15-,16?/m0/s1. The number of carboxylic acids is 1. The molecule has 7 nitrogen and oxygen atoms in total. The van der Waals surface area contributed by atoms with Gasteiger partial charge in [0, 0.05) is 6.04 Å². The predicted octanol–water partition coefficient (Wildman–Crippen LogP) is 1.94. The lowest BCUT2D eigenvalue weighted by Crippen LogP contribution is -2.55. The minimum atomic E-state index is -0.935. The number of rotatable bonds is 8. The molecule has 0 spiro atoms. The number of ether oxygens (including phenoxy) is 1. The van der Waals surface area contributed by atoms with Crippen molar-refractivity contribution in [1.29, 1.82) is 0 Å². The number of likely N-dealkylation sites (tertiary alicyclic amines) is 1. The summed E-state index contributed by atoms with van der Waals surface area (Å²) in [6.07, 6.45) is 5.87. The number of esters is 1. The van der Waals surface area contributed by atoms with Gasteiger partial charge in [0.1, 0.15) is 12.1 Å². The Labute approximate surface area is 155 Å². The minimum Gasteiger partial charge on any atom is -0.480 e. The number of hydrogen-bond donors (Lipinski definition) is 2. The lowest BCUT2D eigenvalue weighted by Gasteiger charge is -2.35. The molecule has 0 aromatic carbocycles. The van der Waals surface area contributed by atoms with Crippen LogP contribution in [-0.2, 0) is 19.1 Å². The average molecular weight is 368 g/mol. The van der Waals surface area contributed by atoms with Crippen LogP contribution in [0.3, 0.4) is 0 Å². The van der Waals surface area contributed by atoms with Crippen LogP contribution in [0.25, 0.3) is 0 Å². The van der Waals surface area contributed by atoms with Gasteiger partial charge in [-0.05, 0) is 45.4 Å². The van der Waals surface area contributed by atoms with Crippen molar-refractivity contribution in [2.24, 2.45) is 5.92 Å². The lowest BCUT2D eigenvalue weighted by molar-refractivity contribution is -0.152. The summed E-state index contributed by atoms with van der Waals surface area (Å²) in [4.78, 5) is 38.5. The van der Waals surface area contributed by atoms with Crippen molar-refractivity contribution >= 4 is 17.8 Å². The Kier molecular flexibility index (Phi) is 7.43. The summed E-state index contributed by atoms with van der Waals surface area (Å²) in [6, 6.07) is -1.92. The SMILES string of the molecule is CCC[C@H](NC(C)C(=O)N1C(C(=O)O)CC2CCCC[C@@H]21)C(=O)OCC. The van der Waals surface area contributed by atoms with E-state index in [2.05, 4.69) is 5.32 Å². The zero-order chi connectivity index (χ0) is 19.3. The number of hydrogen-bond acceptors (Lipinski definition) is 5. The zero-order valence-corrected chi connectivity index (χ0v) is 16.1. The molecule has 1 saturated heterocycles. The van der Waals surface area contributed by atoms with Gasteiger partial charge in [0.25, 0.3) is 0 Å². The Hall–Kier alpha value is -1.63. The molecular weight excluding hydrogens is 336 g/mol. The molecule has 0 radical (unpaired) electrons. The fraction of sp³-hybridized carbons (Fsp3) is 0.842. The lowest BCUT2D eigenvalue weighted by atomic mass is 9.84. The highest BCUT2D eigenvalue weighted by Gasteiger charge is 2.48. The number of nitrogens with zero attached hydrogens (tertiary/aromatic N) is 1. The second kappa shape index (κ2) is 9.35. The van der Waals surface area contributed by atoms with Gasteiger partial charge in [0.2, 0.25) is 5.91 Å². The minimum absolute atomic E-state index is 0.00817. The predicted molar refractivity (Wildman–Crippen MR) is 96.6 cm³/mol. The van der Waals surface area contributed by atoms with Crippen molar-refractivity contribution in [2.75, 3.05) is 6.61 Å². The molecule has 26 heavy (non-hydrogen) atoms. The second-order valence-electron chi connectivity index (χ2n) is 7.43. The highest BCUT2D eigenvalue weighted by molar-refractivity contribution is 5.88. The van der Waals surface area contributed by atoms with Crippen molar-refractivity contribution < 1.29 is 24.2 Å². The largest absolute Gasteiger partial charge is 0.480 e. The van der Waals surface area contributed by atoms with Crippen molar-refractivity contribution in [2.45, 2.75) is 89.9 Å². The topological polar surface area (TPSA) is 95.9 Å². The highest BCUT2D eigenvalue weighted by Crippen LogP contribution is 2.40. The number of carbonyl (C=O) groups is 3. The van der Waals surface area contributed by atoms with E-state index in [1.165, 1.54) is 0 Å². The Morgan fingerprint density at radius 2 is 1.92 bits per heavy atom. The first-order chi connectivity index (χ1) is 12.4. The average Bonchev–Trinajstić information content (AvgIpc) is 3.00. The van der Waals surface area contributed by atoms with E-state index in [1.54, 1.807) is 18.7 Å². The van der Waals surface area contributed by atoms with E-state index in [0.717, 1.165) is 32.1 Å². The molecule has 1 aliphatic carbocycles. The number of amides is 1. The van der Waals surface area contributed by atoms with E-state index in [4.69, 9.17) is 4.74 Å². The number of carboxylic acid groups (broad SMARTS) is 1. The molecule has 1 amide bonds. The van der Waals surface area contributed by atoms with Crippen molar-refractivity contribution in [3.63, 3.8) is 0 Å². The van der Waals surface area contributed by atoms with Crippen LogP contribution in [0.4, 0.5) is 0 Å². The van der Waals surface area contributed by atoms with Gasteiger partial charge in [-0.15, -0.1) is 0 Å². The van der Waals surface area contributed by atoms with Gasteiger partial charge in [0.15, 0.2) is 0 Å². The summed E-state index contributed by atoms with van der Waals surface area (Å²) in [6.45, 7) is 5.72. The fourth-order valence-corrected chi connectivity index (χ4v) is 4.39. The number of carbonyl (C=O) groups excluding carboxylic acids is 2. The van der Waals surface area contributed by atoms with Crippen LogP contribution >= 0.6 is 0 Å². The van der Waals surface area contributed by atoms with Gasteiger partial charge in [-0.3, -0.25) is 14.9 Å². The van der Waals surface area contributed by atoms with Gasteiger partial charge in [-0.1, -0.05) is 26.2 Å². The third-order valence-electron chi connectivity index (χ3n) is 5.60. The van der Waals surface area contributed by atoms with Crippen molar-refractivity contribution in [3.8, 4) is 0 Å². The molecule has 1 aliphatic heterocycles. The van der Waals surface area contributed by atoms with Gasteiger partial charge >= 0.3 is 11.9 Å². The summed E-state index contributed by atoms with van der Waals surface area (Å²) in [5, 5.41) is 12.7. The zero-order valence-electron chi connectivity index (χ0n) is 16.1. The van der Waals surface area contributed by atoms with E-state index in [-0.39, 0.29) is 23.8 Å². The molecule has 0 aromatic rings. The molecule has 0 aromatic heterocycles. The van der Waals surface area contributed by atoms with Crippen LogP contribution in [0.1, 0.15) is 65.7 Å². The maximum absolute atomic E-state index is 13.1. The van der Waals surface area contributed by atoms with Crippen LogP contribution in [0.2, 0.25) is 0 Å². The summed E-state index contributed by atoms with van der Waals surface area (Å²) < 4.78 is 5.09. The molecule has 2 rings (SSSR count). The Balaban J connectivity index is 2.10. The summed E-state index contributed by atoms with van der Waals surface area (Å²) in [7, 11) is 0. The monoisotopic (exact) mass is 368 g/mol. The smallest absolute Gasteiger partial charge is 0.326 e. The molecule has 0 bridgehead atoms. The molecule has 5 atom stereocenters. The van der Waals surface area contributed by atoms with E-state index in [9.17, 15) is 19.5 Å². The van der Waals surface area contributed by atoms with Crippen molar-refractivity contribution in [3.05, 3.63) is 0 Å². The second-order valence-corrected chi connectivity index (χ2v) is 7.43. The van der Waals surface area contributed by atoms with Crippen LogP contribution in [-0.4, -0.2) is 58.6 Å². The third-order valence-corrected chi connectivity index (χ3v) is 5.60. The highest BCUT2D eigenvalue weighted by atomic mass is 16.5. The van der Waals surface area contributed by atoms with E-state index in [1.807, 2.05) is 6.92 Å². The van der Waals surface area contributed by atoms with E-state index >= 15 is 0 Å². The van der Waals surface area contributed by atoms with Crippen LogP contribution in [0.5, 0.6) is 0 Å². The summed E-state index contributed by atoms with van der Waals surface area (Å²) in [5.41, 5.74) is 0. The summed E-state index contributed by atoms with van der Waals surface area (Å²) >= 11 is 0. The fourth-order valence-electron chi connectivity index (χ4n) is 4.39. The van der Waals surface area contributed by atoms with Gasteiger partial charge in [0.05, 0.1) is 12.6 Å². The number of aliphatic carboxylic acids is 1. The van der Waals surface area contributed by atoms with Crippen molar-refractivity contribution in [1.82, 2.24) is 10.2 Å². The maximum atomic E-state index is 13.1. The van der Waals surface area contributed by atoms with Gasteiger partial charge in [-0.2, -0.15) is 0 Å². The van der Waals surface area contributed by atoms with Gasteiger partial charge < -0.3 is 14.7 Å². The quantitative estimate of drug-likeness (QED) is 0.636. The van der Waals surface area contributed by atoms with Crippen LogP contribution < -0.4 is 5.32 Å². The maximum Gasteiger partial charge on any atom is 0.326 e. The molecule has 148 valence electrons. The molecule has 1 heterocycles. The van der Waals surface area contributed by atoms with Gasteiger partial charge in [-0.25, -0.2) is 4.79 Å². The Bertz CT molecular complexity index is 524. The van der Waals surface area contributed by atoms with E-state index < -0.39 is 24.1 Å². The van der Waals surface area contributed by atoms with Crippen LogP contribution in [0, 0.1) is 5.92 Å². The number of fused-ring (bicyclic) bond motifs is 1. The van der Waals surface area contributed by atoms with E-state index in [0.29, 0.717) is 19.4 Å².